The maximum Gasteiger partial charge on any atom is 0.235 e. The van der Waals surface area contributed by atoms with Gasteiger partial charge in [0.05, 0.1) is 6.04 Å². The number of hydrogen-bond donors (Lipinski definition) is 2. The van der Waals surface area contributed by atoms with E-state index >= 15 is 0 Å². The monoisotopic (exact) mass is 232 g/mol. The summed E-state index contributed by atoms with van der Waals surface area (Å²) in [5.41, 5.74) is 5.33. The lowest BCUT2D eigenvalue weighted by Gasteiger charge is -2.21. The number of carbonyl (C=O) groups excluding carboxylic acids is 1. The summed E-state index contributed by atoms with van der Waals surface area (Å²) < 4.78 is 0. The third kappa shape index (κ3) is 6.79. The Morgan fingerprint density at radius 2 is 1.80 bits per heavy atom. The van der Waals surface area contributed by atoms with Gasteiger partial charge in [-0.1, -0.05) is 34.6 Å². The number of carbonyl (C=O) groups is 1. The molecule has 90 valence electrons. The molecule has 0 rings (SSSR count). The van der Waals surface area contributed by atoms with Crippen molar-refractivity contribution in [2.24, 2.45) is 11.7 Å². The summed E-state index contributed by atoms with van der Waals surface area (Å²) in [7, 11) is 0. The van der Waals surface area contributed by atoms with Gasteiger partial charge in [-0.25, -0.2) is 0 Å². The molecule has 0 fully saturated rings. The van der Waals surface area contributed by atoms with Crippen LogP contribution in [0.5, 0.6) is 0 Å². The number of nitrogens with one attached hydrogen (secondary N) is 1. The summed E-state index contributed by atoms with van der Waals surface area (Å²) in [6, 6.07) is 0.0775. The topological polar surface area (TPSA) is 55.1 Å². The minimum absolute atomic E-state index is 0.212. The molecule has 0 aliphatic heterocycles. The van der Waals surface area contributed by atoms with Crippen LogP contribution in [0.1, 0.15) is 34.6 Å². The van der Waals surface area contributed by atoms with Gasteiger partial charge in [0, 0.05) is 17.0 Å². The van der Waals surface area contributed by atoms with E-state index in [9.17, 15) is 4.79 Å². The Morgan fingerprint density at radius 3 is 2.13 bits per heavy atom. The van der Waals surface area contributed by atoms with E-state index in [4.69, 9.17) is 5.73 Å². The fourth-order valence-electron chi connectivity index (χ4n) is 1.06. The molecule has 0 saturated heterocycles. The van der Waals surface area contributed by atoms with Gasteiger partial charge >= 0.3 is 0 Å². The van der Waals surface area contributed by atoms with Crippen LogP contribution in [-0.2, 0) is 4.79 Å². The van der Waals surface area contributed by atoms with E-state index < -0.39 is 0 Å². The lowest BCUT2D eigenvalue weighted by molar-refractivity contribution is -0.119. The van der Waals surface area contributed by atoms with Crippen molar-refractivity contribution in [3.05, 3.63) is 0 Å². The molecular formula is C11H24N2OS. The summed E-state index contributed by atoms with van der Waals surface area (Å²) in [6.45, 7) is 10.6. The van der Waals surface area contributed by atoms with Crippen molar-refractivity contribution >= 4 is 17.7 Å². The van der Waals surface area contributed by atoms with Crippen molar-refractivity contribution in [3.63, 3.8) is 0 Å². The van der Waals surface area contributed by atoms with Crippen LogP contribution in [0.4, 0.5) is 0 Å². The normalized spacial score (nSPS) is 15.7. The van der Waals surface area contributed by atoms with E-state index in [0.29, 0.717) is 11.2 Å². The minimum Gasteiger partial charge on any atom is -0.368 e. The molecule has 0 aliphatic carbocycles. The summed E-state index contributed by atoms with van der Waals surface area (Å²) in [4.78, 5) is 11.2. The molecule has 3 N–H and O–H groups in total. The van der Waals surface area contributed by atoms with Gasteiger partial charge in [0.1, 0.15) is 0 Å². The highest BCUT2D eigenvalue weighted by Crippen LogP contribution is 2.19. The van der Waals surface area contributed by atoms with Gasteiger partial charge in [-0.3, -0.25) is 4.79 Å². The van der Waals surface area contributed by atoms with E-state index in [1.165, 1.54) is 0 Å². The molecule has 4 heteroatoms. The van der Waals surface area contributed by atoms with Crippen LogP contribution in [0.25, 0.3) is 0 Å². The molecule has 0 saturated carbocycles. The Hall–Kier alpha value is -0.220. The highest BCUT2D eigenvalue weighted by molar-refractivity contribution is 7.99. The zero-order valence-corrected chi connectivity index (χ0v) is 11.2. The van der Waals surface area contributed by atoms with Gasteiger partial charge in [-0.2, -0.15) is 11.8 Å². The Bertz CT molecular complexity index is 195. The third-order valence-electron chi connectivity index (χ3n) is 2.34. The molecule has 0 radical (unpaired) electrons. The van der Waals surface area contributed by atoms with Gasteiger partial charge in [-0.05, 0) is 5.92 Å². The van der Waals surface area contributed by atoms with Crippen molar-refractivity contribution in [2.45, 2.75) is 52.0 Å². The molecule has 1 amide bonds. The largest absolute Gasteiger partial charge is 0.368 e. The van der Waals surface area contributed by atoms with Crippen LogP contribution in [-0.4, -0.2) is 29.0 Å². The first kappa shape index (κ1) is 14.8. The Balaban J connectivity index is 4.02. The van der Waals surface area contributed by atoms with E-state index in [0.717, 1.165) is 5.75 Å². The first-order valence-corrected chi connectivity index (χ1v) is 6.56. The maximum atomic E-state index is 11.2. The van der Waals surface area contributed by atoms with Gasteiger partial charge < -0.3 is 11.1 Å². The Labute approximate surface area is 97.6 Å². The highest BCUT2D eigenvalue weighted by atomic mass is 32.2. The van der Waals surface area contributed by atoms with E-state index in [2.05, 4.69) is 26.1 Å². The van der Waals surface area contributed by atoms with Crippen LogP contribution in [0.2, 0.25) is 0 Å². The fourth-order valence-corrected chi connectivity index (χ4v) is 2.20. The zero-order valence-electron chi connectivity index (χ0n) is 10.4. The number of primary amides is 1. The molecule has 0 bridgehead atoms. The second-order valence-corrected chi connectivity index (χ2v) is 5.97. The minimum atomic E-state index is -0.257. The van der Waals surface area contributed by atoms with Crippen molar-refractivity contribution in [1.29, 1.82) is 0 Å². The number of nitrogens with two attached hydrogens (primary N) is 1. The number of hydrogen-bond acceptors (Lipinski definition) is 3. The molecule has 2 unspecified atom stereocenters. The van der Waals surface area contributed by atoms with E-state index in [1.54, 1.807) is 11.8 Å². The summed E-state index contributed by atoms with van der Waals surface area (Å²) in [5.74, 6) is 1.13. The zero-order chi connectivity index (χ0) is 12.0. The molecule has 0 aliphatic rings. The van der Waals surface area contributed by atoms with Crippen LogP contribution >= 0.6 is 11.8 Å². The molecule has 0 aromatic heterocycles. The number of thioether (sulfide) groups is 1. The molecule has 3 nitrogen and oxygen atoms in total. The first-order valence-electron chi connectivity index (χ1n) is 5.51. The van der Waals surface area contributed by atoms with Gasteiger partial charge in [0.15, 0.2) is 0 Å². The predicted octanol–water partition coefficient (Wildman–Crippen LogP) is 1.62. The van der Waals surface area contributed by atoms with E-state index in [-0.39, 0.29) is 18.0 Å². The van der Waals surface area contributed by atoms with Crippen LogP contribution in [0, 0.1) is 5.92 Å². The molecule has 0 aromatic rings. The molecule has 0 heterocycles. The fraction of sp³-hybridized carbons (Fsp3) is 0.909. The number of rotatable bonds is 7. The average Bonchev–Trinajstić information content (AvgIpc) is 2.10. The van der Waals surface area contributed by atoms with E-state index in [1.807, 2.05) is 13.8 Å². The summed E-state index contributed by atoms with van der Waals surface area (Å²) in [5, 5.41) is 3.73. The lowest BCUT2D eigenvalue weighted by Crippen LogP contribution is -2.46. The molecule has 0 aromatic carbocycles. The SMILES string of the molecule is CC(C)NC(CSC(C)C(C)C)C(N)=O. The Morgan fingerprint density at radius 1 is 1.27 bits per heavy atom. The van der Waals surface area contributed by atoms with Crippen molar-refractivity contribution < 1.29 is 4.79 Å². The second kappa shape index (κ2) is 7.12. The quantitative estimate of drug-likeness (QED) is 0.701. The molecular weight excluding hydrogens is 208 g/mol. The molecule has 15 heavy (non-hydrogen) atoms. The van der Waals surface area contributed by atoms with Gasteiger partial charge in [-0.15, -0.1) is 0 Å². The Kier molecular flexibility index (Phi) is 7.02. The van der Waals surface area contributed by atoms with Crippen LogP contribution in [0.15, 0.2) is 0 Å². The second-order valence-electron chi connectivity index (χ2n) is 4.56. The lowest BCUT2D eigenvalue weighted by atomic mass is 10.2. The van der Waals surface area contributed by atoms with Gasteiger partial charge in [0.2, 0.25) is 5.91 Å². The van der Waals surface area contributed by atoms with Gasteiger partial charge in [0.25, 0.3) is 0 Å². The maximum absolute atomic E-state index is 11.2. The van der Waals surface area contributed by atoms with Crippen LogP contribution in [0.3, 0.4) is 0 Å². The average molecular weight is 232 g/mol. The summed E-state index contributed by atoms with van der Waals surface area (Å²) in [6.07, 6.45) is 0. The first-order chi connectivity index (χ1) is 6.84. The van der Waals surface area contributed by atoms with Crippen molar-refractivity contribution in [2.75, 3.05) is 5.75 Å². The third-order valence-corrected chi connectivity index (χ3v) is 3.94. The molecule has 0 spiro atoms. The van der Waals surface area contributed by atoms with Crippen LogP contribution < -0.4 is 11.1 Å². The smallest absolute Gasteiger partial charge is 0.235 e. The standard InChI is InChI=1S/C11H24N2OS/c1-7(2)9(5)15-6-10(11(12)14)13-8(3)4/h7-10,13H,6H2,1-5H3,(H2,12,14). The molecule has 2 atom stereocenters. The number of amides is 1. The van der Waals surface area contributed by atoms with Crippen molar-refractivity contribution in [1.82, 2.24) is 5.32 Å². The summed E-state index contributed by atoms with van der Waals surface area (Å²) >= 11 is 1.80. The highest BCUT2D eigenvalue weighted by Gasteiger charge is 2.18. The van der Waals surface area contributed by atoms with Crippen molar-refractivity contribution in [3.8, 4) is 0 Å². The predicted molar refractivity (Wildman–Crippen MR) is 68.0 cm³/mol.